The van der Waals surface area contributed by atoms with Crippen LogP contribution in [0.5, 0.6) is 0 Å². The zero-order valence-electron chi connectivity index (χ0n) is 18.0. The molecule has 6 atom stereocenters. The number of carbonyl (C=O) groups excluding carboxylic acids is 3. The third kappa shape index (κ3) is 3.33. The summed E-state index contributed by atoms with van der Waals surface area (Å²) in [5, 5.41) is 0. The number of ether oxygens (including phenoxy) is 1. The molecule has 0 aromatic heterocycles. The van der Waals surface area contributed by atoms with Crippen molar-refractivity contribution in [2.75, 3.05) is 6.61 Å². The van der Waals surface area contributed by atoms with Crippen LogP contribution in [0.2, 0.25) is 0 Å². The average Bonchev–Trinajstić information content (AvgIpc) is 3.05. The van der Waals surface area contributed by atoms with Crippen LogP contribution in [-0.4, -0.2) is 24.1 Å². The molecule has 4 nitrogen and oxygen atoms in total. The Morgan fingerprint density at radius 2 is 1.93 bits per heavy atom. The lowest BCUT2D eigenvalue weighted by Crippen LogP contribution is -2.50. The van der Waals surface area contributed by atoms with Crippen LogP contribution >= 0.6 is 0 Å². The van der Waals surface area contributed by atoms with E-state index in [1.54, 1.807) is 6.92 Å². The van der Waals surface area contributed by atoms with Crippen molar-refractivity contribution in [2.45, 2.75) is 72.1 Å². The molecule has 4 rings (SSSR count). The average molecular weight is 399 g/mol. The SMILES string of the molecule is CC(=O)OCCC[C@]12CC[C@H]3[C@@H](C=CC4=CC(=O)CC[C@@]43C)[C@@H]1CC[C@@H]2C(C)=O. The van der Waals surface area contributed by atoms with Gasteiger partial charge in [0.1, 0.15) is 5.78 Å². The van der Waals surface area contributed by atoms with Crippen molar-refractivity contribution in [1.29, 1.82) is 0 Å². The Morgan fingerprint density at radius 3 is 2.66 bits per heavy atom. The number of fused-ring (bicyclic) bond motifs is 5. The van der Waals surface area contributed by atoms with Crippen LogP contribution in [0, 0.1) is 34.5 Å². The molecule has 0 aromatic rings. The molecule has 158 valence electrons. The van der Waals surface area contributed by atoms with E-state index in [1.807, 2.05) is 6.08 Å². The van der Waals surface area contributed by atoms with Crippen LogP contribution in [0.4, 0.5) is 0 Å². The molecule has 0 bridgehead atoms. The standard InChI is InChI=1S/C25H34O4/c1-16(26)21-7-8-23-20-6-5-18-15-19(28)9-12-24(18,3)22(20)10-13-25(21,23)11-4-14-29-17(2)27/h5-6,15,20-23H,4,7-14H2,1-3H3/t20-,21-,22+,23+,24+,25-/m1/s1. The molecule has 2 fully saturated rings. The monoisotopic (exact) mass is 398 g/mol. The maximum absolute atomic E-state index is 12.6. The first-order valence-electron chi connectivity index (χ1n) is 11.3. The van der Waals surface area contributed by atoms with Gasteiger partial charge in [0, 0.05) is 19.3 Å². The second-order valence-electron chi connectivity index (χ2n) is 10.1. The van der Waals surface area contributed by atoms with Gasteiger partial charge in [-0.25, -0.2) is 0 Å². The molecule has 29 heavy (non-hydrogen) atoms. The Hall–Kier alpha value is -1.71. The number of allylic oxidation sites excluding steroid dienone is 4. The zero-order valence-corrected chi connectivity index (χ0v) is 18.0. The van der Waals surface area contributed by atoms with Crippen LogP contribution in [0.15, 0.2) is 23.8 Å². The van der Waals surface area contributed by atoms with Crippen molar-refractivity contribution in [1.82, 2.24) is 0 Å². The number of Topliss-reactive ketones (excluding diaryl/α,β-unsaturated/α-hetero) is 1. The molecule has 0 radical (unpaired) electrons. The summed E-state index contributed by atoms with van der Waals surface area (Å²) < 4.78 is 5.20. The lowest BCUT2D eigenvalue weighted by molar-refractivity contribution is -0.142. The Balaban J connectivity index is 1.63. The summed E-state index contributed by atoms with van der Waals surface area (Å²) in [4.78, 5) is 35.7. The Labute approximate surface area is 174 Å². The molecule has 4 aliphatic rings. The van der Waals surface area contributed by atoms with Crippen LogP contribution < -0.4 is 0 Å². The Kier molecular flexibility index (Phi) is 5.33. The fraction of sp³-hybridized carbons (Fsp3) is 0.720. The highest BCUT2D eigenvalue weighted by molar-refractivity contribution is 5.92. The van der Waals surface area contributed by atoms with Gasteiger partial charge in [0.2, 0.25) is 0 Å². The van der Waals surface area contributed by atoms with Crippen LogP contribution in [0.25, 0.3) is 0 Å². The van der Waals surface area contributed by atoms with Crippen LogP contribution in [0.3, 0.4) is 0 Å². The van der Waals surface area contributed by atoms with Gasteiger partial charge in [0.05, 0.1) is 6.61 Å². The number of hydrogen-bond donors (Lipinski definition) is 0. The summed E-state index contributed by atoms with van der Waals surface area (Å²) in [7, 11) is 0. The van der Waals surface area contributed by atoms with Gasteiger partial charge in [0.25, 0.3) is 0 Å². The zero-order chi connectivity index (χ0) is 20.8. The van der Waals surface area contributed by atoms with Crippen molar-refractivity contribution in [3.63, 3.8) is 0 Å². The predicted molar refractivity (Wildman–Crippen MR) is 111 cm³/mol. The maximum atomic E-state index is 12.6. The van der Waals surface area contributed by atoms with E-state index in [9.17, 15) is 14.4 Å². The normalized spacial score (nSPS) is 40.5. The molecule has 4 heteroatoms. The molecular weight excluding hydrogens is 364 g/mol. The predicted octanol–water partition coefficient (Wildman–Crippen LogP) is 4.82. The van der Waals surface area contributed by atoms with Crippen molar-refractivity contribution < 1.29 is 19.1 Å². The minimum absolute atomic E-state index is 0.0412. The molecule has 4 aliphatic carbocycles. The van der Waals surface area contributed by atoms with E-state index in [4.69, 9.17) is 4.74 Å². The highest BCUT2D eigenvalue weighted by atomic mass is 16.5. The second kappa shape index (κ2) is 7.52. The van der Waals surface area contributed by atoms with E-state index in [2.05, 4.69) is 19.1 Å². The largest absolute Gasteiger partial charge is 0.466 e. The first-order valence-corrected chi connectivity index (χ1v) is 11.3. The van der Waals surface area contributed by atoms with Gasteiger partial charge in [-0.3, -0.25) is 14.4 Å². The van der Waals surface area contributed by atoms with Gasteiger partial charge in [-0.2, -0.15) is 0 Å². The number of hydrogen-bond acceptors (Lipinski definition) is 4. The fourth-order valence-corrected chi connectivity index (χ4v) is 7.52. The van der Waals surface area contributed by atoms with Crippen LogP contribution in [0.1, 0.15) is 72.1 Å². The first kappa shape index (κ1) is 20.6. The smallest absolute Gasteiger partial charge is 0.302 e. The molecule has 0 heterocycles. The summed E-state index contributed by atoms with van der Waals surface area (Å²) in [5.74, 6) is 2.05. The first-order chi connectivity index (χ1) is 13.8. The summed E-state index contributed by atoms with van der Waals surface area (Å²) in [5.41, 5.74) is 1.35. The van der Waals surface area contributed by atoms with Gasteiger partial charge < -0.3 is 4.74 Å². The molecule has 0 saturated heterocycles. The molecule has 0 N–H and O–H groups in total. The van der Waals surface area contributed by atoms with E-state index < -0.39 is 0 Å². The molecule has 0 spiro atoms. The van der Waals surface area contributed by atoms with Gasteiger partial charge in [-0.15, -0.1) is 0 Å². The quantitative estimate of drug-likeness (QED) is 0.492. The Morgan fingerprint density at radius 1 is 1.14 bits per heavy atom. The lowest BCUT2D eigenvalue weighted by Gasteiger charge is -2.57. The maximum Gasteiger partial charge on any atom is 0.302 e. The topological polar surface area (TPSA) is 60.4 Å². The lowest BCUT2D eigenvalue weighted by atomic mass is 9.47. The Bertz CT molecular complexity index is 778. The third-order valence-corrected chi connectivity index (χ3v) is 8.81. The number of ketones is 2. The minimum atomic E-state index is -0.230. The minimum Gasteiger partial charge on any atom is -0.466 e. The van der Waals surface area contributed by atoms with Gasteiger partial charge in [0.15, 0.2) is 5.78 Å². The summed E-state index contributed by atoms with van der Waals surface area (Å²) in [6.07, 6.45) is 14.2. The van der Waals surface area contributed by atoms with Crippen molar-refractivity contribution in [2.24, 2.45) is 34.5 Å². The molecular formula is C25H34O4. The summed E-state index contributed by atoms with van der Waals surface area (Å²) in [6.45, 7) is 6.02. The van der Waals surface area contributed by atoms with E-state index in [0.717, 1.165) is 44.9 Å². The van der Waals surface area contributed by atoms with E-state index in [-0.39, 0.29) is 28.5 Å². The summed E-state index contributed by atoms with van der Waals surface area (Å²) >= 11 is 0. The molecule has 0 unspecified atom stereocenters. The molecule has 2 saturated carbocycles. The number of rotatable bonds is 5. The van der Waals surface area contributed by atoms with Crippen molar-refractivity contribution >= 4 is 17.5 Å². The second-order valence-corrected chi connectivity index (χ2v) is 10.1. The van der Waals surface area contributed by atoms with E-state index in [1.165, 1.54) is 12.5 Å². The van der Waals surface area contributed by atoms with Gasteiger partial charge >= 0.3 is 5.97 Å². The van der Waals surface area contributed by atoms with Crippen molar-refractivity contribution in [3.8, 4) is 0 Å². The molecule has 0 aromatic carbocycles. The molecule has 0 amide bonds. The van der Waals surface area contributed by atoms with Gasteiger partial charge in [-0.1, -0.05) is 19.1 Å². The number of carbonyl (C=O) groups is 3. The fourth-order valence-electron chi connectivity index (χ4n) is 7.52. The number of esters is 1. The van der Waals surface area contributed by atoms with Crippen LogP contribution in [-0.2, 0) is 19.1 Å². The molecule has 0 aliphatic heterocycles. The van der Waals surface area contributed by atoms with Gasteiger partial charge in [-0.05, 0) is 92.1 Å². The highest BCUT2D eigenvalue weighted by Crippen LogP contribution is 2.66. The third-order valence-electron chi connectivity index (χ3n) is 8.81. The van der Waals surface area contributed by atoms with E-state index >= 15 is 0 Å². The van der Waals surface area contributed by atoms with E-state index in [0.29, 0.717) is 36.6 Å². The van der Waals surface area contributed by atoms with Crippen molar-refractivity contribution in [3.05, 3.63) is 23.8 Å². The summed E-state index contributed by atoms with van der Waals surface area (Å²) in [6, 6.07) is 0. The highest BCUT2D eigenvalue weighted by Gasteiger charge is 2.60.